The number of pyridine rings is 2. The van der Waals surface area contributed by atoms with Gasteiger partial charge in [0.1, 0.15) is 0 Å². The Labute approximate surface area is 306 Å². The number of nitrogens with zero attached hydrogens (tertiary/aromatic N) is 4. The molecule has 3 saturated heterocycles. The molecule has 4 aliphatic rings. The van der Waals surface area contributed by atoms with Gasteiger partial charge in [0.2, 0.25) is 11.8 Å². The zero-order valence-corrected chi connectivity index (χ0v) is 30.8. The molecule has 1 aliphatic carbocycles. The molecule has 2 aromatic carbocycles. The monoisotopic (exact) mass is 711 g/mol. The first kappa shape index (κ1) is 33.9. The van der Waals surface area contributed by atoms with Crippen molar-refractivity contribution in [1.82, 2.24) is 25.1 Å². The maximum absolute atomic E-state index is 7.18. The normalized spacial score (nSPS) is 20.0. The number of nitrogens with one attached hydrogen (secondary N) is 1. The van der Waals surface area contributed by atoms with Crippen LogP contribution in [0.25, 0.3) is 33.6 Å². The van der Waals surface area contributed by atoms with Gasteiger partial charge in [0.25, 0.3) is 0 Å². The Morgan fingerprint density at radius 2 is 1.12 bits per heavy atom. The van der Waals surface area contributed by atoms with Gasteiger partial charge in [-0.1, -0.05) is 97.4 Å². The van der Waals surface area contributed by atoms with Gasteiger partial charge in [-0.15, -0.1) is 0 Å². The Bertz CT molecular complexity index is 1720. The number of aromatic nitrogens is 2. The minimum atomic E-state index is 0.295. The summed E-state index contributed by atoms with van der Waals surface area (Å²) in [6.07, 6.45) is 10.7. The topological polar surface area (TPSA) is 62.8 Å². The molecule has 0 unspecified atom stereocenters. The molecule has 8 rings (SSSR count). The number of ether oxygens (including phenoxy) is 2. The van der Waals surface area contributed by atoms with Crippen molar-refractivity contribution in [3.63, 3.8) is 0 Å². The summed E-state index contributed by atoms with van der Waals surface area (Å²) in [7, 11) is 3.38. The van der Waals surface area contributed by atoms with Crippen LogP contribution >= 0.6 is 23.2 Å². The van der Waals surface area contributed by atoms with Crippen molar-refractivity contribution in [2.45, 2.75) is 70.0 Å². The fourth-order valence-electron chi connectivity index (χ4n) is 9.04. The molecular formula is C41H47Cl2N5O2. The third kappa shape index (κ3) is 6.52. The average molecular weight is 713 g/mol. The molecular weight excluding hydrogens is 665 g/mol. The summed E-state index contributed by atoms with van der Waals surface area (Å²) in [4.78, 5) is 14.9. The van der Waals surface area contributed by atoms with E-state index in [4.69, 9.17) is 42.6 Å². The van der Waals surface area contributed by atoms with E-state index in [-0.39, 0.29) is 0 Å². The van der Waals surface area contributed by atoms with Crippen LogP contribution in [0.2, 0.25) is 10.0 Å². The van der Waals surface area contributed by atoms with Crippen LogP contribution in [0.1, 0.15) is 62.5 Å². The zero-order valence-electron chi connectivity index (χ0n) is 29.2. The van der Waals surface area contributed by atoms with Gasteiger partial charge in [-0.25, -0.2) is 9.97 Å². The lowest BCUT2D eigenvalue weighted by atomic mass is 9.68. The minimum Gasteiger partial charge on any atom is -0.481 e. The number of rotatable bonds is 9. The van der Waals surface area contributed by atoms with Gasteiger partial charge in [0.05, 0.1) is 35.7 Å². The number of hydrogen-bond donors (Lipinski definition) is 1. The zero-order chi connectivity index (χ0) is 34.3. The third-order valence-corrected chi connectivity index (χ3v) is 12.4. The van der Waals surface area contributed by atoms with Crippen molar-refractivity contribution in [3.05, 3.63) is 81.8 Å². The number of hydrogen-bond acceptors (Lipinski definition) is 7. The van der Waals surface area contributed by atoms with Crippen LogP contribution < -0.4 is 14.8 Å². The van der Waals surface area contributed by atoms with Gasteiger partial charge < -0.3 is 14.8 Å². The van der Waals surface area contributed by atoms with Crippen molar-refractivity contribution in [2.24, 2.45) is 5.41 Å². The molecule has 9 heteroatoms. The van der Waals surface area contributed by atoms with E-state index in [0.29, 0.717) is 32.8 Å². The Hall–Kier alpha value is -3.20. The number of likely N-dealkylation sites (tertiary alicyclic amines) is 2. The fraction of sp³-hybridized carbons (Fsp3) is 0.463. The predicted octanol–water partition coefficient (Wildman–Crippen LogP) is 8.90. The summed E-state index contributed by atoms with van der Waals surface area (Å²) in [5.74, 6) is 1.28. The quantitative estimate of drug-likeness (QED) is 0.186. The predicted molar refractivity (Wildman–Crippen MR) is 202 cm³/mol. The van der Waals surface area contributed by atoms with E-state index in [1.807, 2.05) is 42.5 Å². The first-order valence-electron chi connectivity index (χ1n) is 18.2. The smallest absolute Gasteiger partial charge is 0.218 e. The summed E-state index contributed by atoms with van der Waals surface area (Å²) in [6, 6.07) is 20.4. The maximum Gasteiger partial charge on any atom is 0.218 e. The number of benzene rings is 2. The van der Waals surface area contributed by atoms with Gasteiger partial charge >= 0.3 is 0 Å². The molecule has 1 saturated carbocycles. The molecule has 4 aromatic rings. The second-order valence-electron chi connectivity index (χ2n) is 15.1. The van der Waals surface area contributed by atoms with Crippen LogP contribution in [0.15, 0.2) is 60.7 Å². The van der Waals surface area contributed by atoms with Crippen molar-refractivity contribution < 1.29 is 9.47 Å². The van der Waals surface area contributed by atoms with Crippen LogP contribution in [-0.4, -0.2) is 72.3 Å². The molecule has 0 radical (unpaired) electrons. The van der Waals surface area contributed by atoms with E-state index in [0.717, 1.165) is 77.5 Å². The lowest BCUT2D eigenvalue weighted by molar-refractivity contribution is -0.0336. The highest BCUT2D eigenvalue weighted by atomic mass is 35.5. The second-order valence-corrected chi connectivity index (χ2v) is 15.8. The lowest BCUT2D eigenvalue weighted by Gasteiger charge is -2.53. The van der Waals surface area contributed by atoms with Crippen molar-refractivity contribution in [3.8, 4) is 45.4 Å². The molecule has 50 heavy (non-hydrogen) atoms. The van der Waals surface area contributed by atoms with E-state index in [1.54, 1.807) is 14.2 Å². The number of halogens is 2. The molecule has 5 heterocycles. The van der Waals surface area contributed by atoms with Gasteiger partial charge in [-0.2, -0.15) is 0 Å². The van der Waals surface area contributed by atoms with Crippen LogP contribution in [-0.2, 0) is 13.1 Å². The van der Waals surface area contributed by atoms with E-state index >= 15 is 0 Å². The van der Waals surface area contributed by atoms with Gasteiger partial charge in [-0.3, -0.25) is 9.80 Å². The number of methoxy groups -OCH3 is 2. The van der Waals surface area contributed by atoms with E-state index < -0.39 is 0 Å². The Morgan fingerprint density at radius 3 is 1.62 bits per heavy atom. The Balaban J connectivity index is 1.01. The van der Waals surface area contributed by atoms with Crippen LogP contribution in [0.4, 0.5) is 0 Å². The molecule has 0 bridgehead atoms. The lowest BCUT2D eigenvalue weighted by Crippen LogP contribution is -2.69. The average Bonchev–Trinajstić information content (AvgIpc) is 3.12. The van der Waals surface area contributed by atoms with Gasteiger partial charge in [-0.05, 0) is 49.8 Å². The highest BCUT2D eigenvalue weighted by Crippen LogP contribution is 2.46. The molecule has 2 aromatic heterocycles. The molecule has 1 N–H and O–H groups in total. The van der Waals surface area contributed by atoms with E-state index in [1.165, 1.54) is 64.5 Å². The van der Waals surface area contributed by atoms with E-state index in [2.05, 4.69) is 33.3 Å². The van der Waals surface area contributed by atoms with Crippen molar-refractivity contribution in [1.29, 1.82) is 0 Å². The first-order chi connectivity index (χ1) is 24.4. The van der Waals surface area contributed by atoms with Gasteiger partial charge in [0.15, 0.2) is 0 Å². The van der Waals surface area contributed by atoms with E-state index in [9.17, 15) is 0 Å². The second kappa shape index (κ2) is 14.1. The standard InChI is InChI=1S/C41H47Cl2N5O2/c1-49-38-28(22-47-24-40(25-47)18-4-3-5-19-40)14-16-34(45-38)32-12-8-10-30(36(32)42)31-11-9-13-33(37(31)43)35-17-15-29(39(46-35)50-2)23-48-26-41(27-48)20-6-7-21-44-41/h8-17,44H,3-7,18-27H2,1-2H3. The molecule has 262 valence electrons. The highest BCUT2D eigenvalue weighted by Gasteiger charge is 2.44. The summed E-state index contributed by atoms with van der Waals surface area (Å²) >= 11 is 14.4. The molecule has 3 aliphatic heterocycles. The fourth-order valence-corrected chi connectivity index (χ4v) is 9.69. The van der Waals surface area contributed by atoms with Crippen LogP contribution in [0, 0.1) is 5.41 Å². The van der Waals surface area contributed by atoms with Gasteiger partial charge in [0, 0.05) is 78.2 Å². The van der Waals surface area contributed by atoms with Crippen LogP contribution in [0.5, 0.6) is 11.8 Å². The summed E-state index contributed by atoms with van der Waals surface area (Å²) in [6.45, 7) is 7.28. The summed E-state index contributed by atoms with van der Waals surface area (Å²) in [5, 5.41) is 4.94. The minimum absolute atomic E-state index is 0.295. The Kier molecular flexibility index (Phi) is 9.55. The molecule has 4 fully saturated rings. The summed E-state index contributed by atoms with van der Waals surface area (Å²) < 4.78 is 11.6. The van der Waals surface area contributed by atoms with Crippen molar-refractivity contribution >= 4 is 23.2 Å². The highest BCUT2D eigenvalue weighted by molar-refractivity contribution is 6.39. The number of piperidine rings is 1. The molecule has 0 atom stereocenters. The molecule has 0 amide bonds. The molecule has 2 spiro atoms. The maximum atomic E-state index is 7.18. The van der Waals surface area contributed by atoms with Crippen LogP contribution in [0.3, 0.4) is 0 Å². The Morgan fingerprint density at radius 1 is 0.620 bits per heavy atom. The SMILES string of the molecule is COc1nc(-c2cccc(-c3cccc(-c4ccc(CN5CC6(CCCCN6)C5)c(OC)n4)c3Cl)c2Cl)ccc1CN1CC2(CCCCC2)C1. The molecule has 7 nitrogen and oxygen atoms in total. The first-order valence-corrected chi connectivity index (χ1v) is 19.0. The third-order valence-electron chi connectivity index (χ3n) is 11.6. The van der Waals surface area contributed by atoms with Crippen molar-refractivity contribution in [2.75, 3.05) is 46.9 Å². The largest absolute Gasteiger partial charge is 0.481 e. The summed E-state index contributed by atoms with van der Waals surface area (Å²) in [5.41, 5.74) is 7.89.